The molecule has 0 bridgehead atoms. The van der Waals surface area contributed by atoms with E-state index in [2.05, 4.69) is 10.5 Å². The van der Waals surface area contributed by atoms with E-state index < -0.39 is 5.97 Å². The summed E-state index contributed by atoms with van der Waals surface area (Å²) in [6, 6.07) is 14.1. The number of carboxylic acids is 1. The number of rotatable bonds is 4. The number of benzene rings is 2. The molecule has 6 heteroatoms. The Hall–Kier alpha value is -2.53. The molecule has 1 atom stereocenters. The lowest BCUT2D eigenvalue weighted by atomic mass is 10.1. The Bertz CT molecular complexity index is 728. The van der Waals surface area contributed by atoms with E-state index in [1.54, 1.807) is 18.2 Å². The summed E-state index contributed by atoms with van der Waals surface area (Å²) in [5, 5.41) is 16.8. The second-order valence-electron chi connectivity index (χ2n) is 4.89. The monoisotopic (exact) mass is 316 g/mol. The fraction of sp³-hybridized carbons (Fsp3) is 0.125. The third kappa shape index (κ3) is 3.20. The summed E-state index contributed by atoms with van der Waals surface area (Å²) >= 11 is 5.85. The molecule has 1 unspecified atom stereocenters. The molecule has 2 aromatic carbocycles. The van der Waals surface area contributed by atoms with Gasteiger partial charge >= 0.3 is 5.97 Å². The van der Waals surface area contributed by atoms with Crippen molar-refractivity contribution in [3.05, 3.63) is 70.2 Å². The van der Waals surface area contributed by atoms with Crippen molar-refractivity contribution in [2.45, 2.75) is 12.6 Å². The van der Waals surface area contributed by atoms with Crippen LogP contribution in [0.2, 0.25) is 5.02 Å². The number of nitrogens with one attached hydrogen (secondary N) is 1. The highest BCUT2D eigenvalue weighted by Crippen LogP contribution is 2.15. The maximum absolute atomic E-state index is 11.0. The van der Waals surface area contributed by atoms with Crippen LogP contribution < -0.4 is 5.32 Å². The van der Waals surface area contributed by atoms with E-state index in [1.165, 1.54) is 6.07 Å². The third-order valence-corrected chi connectivity index (χ3v) is 3.54. The summed E-state index contributed by atoms with van der Waals surface area (Å²) in [7, 11) is 0. The van der Waals surface area contributed by atoms with Crippen molar-refractivity contribution in [1.82, 2.24) is 5.32 Å². The zero-order valence-electron chi connectivity index (χ0n) is 11.5. The molecule has 3 rings (SSSR count). The Balaban J connectivity index is 1.68. The van der Waals surface area contributed by atoms with Crippen LogP contribution in [0, 0.1) is 0 Å². The smallest absolute Gasteiger partial charge is 0.335 e. The van der Waals surface area contributed by atoms with Crippen LogP contribution in [0.25, 0.3) is 0 Å². The van der Waals surface area contributed by atoms with Crippen LogP contribution >= 0.6 is 11.6 Å². The number of hydrogen-bond donors (Lipinski definition) is 2. The third-order valence-electron chi connectivity index (χ3n) is 3.29. The van der Waals surface area contributed by atoms with E-state index in [-0.39, 0.29) is 11.8 Å². The predicted octanol–water partition coefficient (Wildman–Crippen LogP) is 2.89. The SMILES string of the molecule is O=C(O)c1cccc(C2=NOC(Cc3ccc(Cl)cc3)N2)c1. The predicted molar refractivity (Wildman–Crippen MR) is 83.1 cm³/mol. The lowest BCUT2D eigenvalue weighted by molar-refractivity contribution is 0.0696. The number of oxime groups is 1. The second kappa shape index (κ2) is 6.07. The number of aromatic carboxylic acids is 1. The number of nitrogens with zero attached hydrogens (tertiary/aromatic N) is 1. The summed E-state index contributed by atoms with van der Waals surface area (Å²) in [5.41, 5.74) is 1.96. The van der Waals surface area contributed by atoms with E-state index in [1.807, 2.05) is 24.3 Å². The number of carboxylic acid groups (broad SMARTS) is 1. The summed E-state index contributed by atoms with van der Waals surface area (Å²) in [4.78, 5) is 16.3. The minimum Gasteiger partial charge on any atom is -0.478 e. The maximum Gasteiger partial charge on any atom is 0.335 e. The van der Waals surface area contributed by atoms with Gasteiger partial charge in [0.05, 0.1) is 5.56 Å². The zero-order chi connectivity index (χ0) is 15.5. The molecule has 0 saturated heterocycles. The molecule has 1 aliphatic rings. The lowest BCUT2D eigenvalue weighted by Gasteiger charge is -2.10. The van der Waals surface area contributed by atoms with E-state index in [0.717, 1.165) is 5.56 Å². The van der Waals surface area contributed by atoms with Crippen LogP contribution in [0.4, 0.5) is 0 Å². The Morgan fingerprint density at radius 1 is 1.27 bits per heavy atom. The second-order valence-corrected chi connectivity index (χ2v) is 5.33. The van der Waals surface area contributed by atoms with E-state index in [9.17, 15) is 4.79 Å². The topological polar surface area (TPSA) is 70.9 Å². The van der Waals surface area contributed by atoms with Crippen molar-refractivity contribution in [3.8, 4) is 0 Å². The summed E-state index contributed by atoms with van der Waals surface area (Å²) < 4.78 is 0. The van der Waals surface area contributed by atoms with Gasteiger partial charge in [0, 0.05) is 17.0 Å². The van der Waals surface area contributed by atoms with Crippen LogP contribution in [0.5, 0.6) is 0 Å². The molecule has 112 valence electrons. The lowest BCUT2D eigenvalue weighted by Crippen LogP contribution is -2.31. The van der Waals surface area contributed by atoms with Gasteiger partial charge in [0.2, 0.25) is 6.23 Å². The summed E-state index contributed by atoms with van der Waals surface area (Å²) in [5.74, 6) is -0.443. The molecular weight excluding hydrogens is 304 g/mol. The molecule has 2 aromatic rings. The molecule has 0 fully saturated rings. The first-order chi connectivity index (χ1) is 10.6. The molecular formula is C16H13ClN2O3. The Morgan fingerprint density at radius 3 is 2.77 bits per heavy atom. The van der Waals surface area contributed by atoms with Gasteiger partial charge in [-0.05, 0) is 29.8 Å². The van der Waals surface area contributed by atoms with Crippen LogP contribution in [0.15, 0.2) is 53.7 Å². The van der Waals surface area contributed by atoms with Crippen LogP contribution in [-0.2, 0) is 11.3 Å². The molecule has 0 amide bonds. The highest BCUT2D eigenvalue weighted by molar-refractivity contribution is 6.30. The van der Waals surface area contributed by atoms with Gasteiger partial charge in [-0.3, -0.25) is 0 Å². The Labute approximate surface area is 132 Å². The Kier molecular flexibility index (Phi) is 3.98. The van der Waals surface area contributed by atoms with Gasteiger partial charge < -0.3 is 15.3 Å². The first-order valence-corrected chi connectivity index (χ1v) is 7.08. The van der Waals surface area contributed by atoms with E-state index in [4.69, 9.17) is 21.5 Å². The molecule has 1 heterocycles. The standard InChI is InChI=1S/C16H13ClN2O3/c17-13-6-4-10(5-7-13)8-14-18-15(19-22-14)11-2-1-3-12(9-11)16(20)21/h1-7,9,14H,8H2,(H,18,19)(H,20,21). The zero-order valence-corrected chi connectivity index (χ0v) is 12.2. The summed E-state index contributed by atoms with van der Waals surface area (Å²) in [6.07, 6.45) is 0.340. The number of amidine groups is 1. The van der Waals surface area contributed by atoms with Crippen molar-refractivity contribution in [2.24, 2.45) is 5.16 Å². The number of carbonyl (C=O) groups is 1. The average Bonchev–Trinajstić information content (AvgIpc) is 2.98. The minimum absolute atomic E-state index is 0.211. The van der Waals surface area contributed by atoms with Gasteiger partial charge in [-0.2, -0.15) is 0 Å². The van der Waals surface area contributed by atoms with Crippen LogP contribution in [-0.4, -0.2) is 23.1 Å². The molecule has 22 heavy (non-hydrogen) atoms. The van der Waals surface area contributed by atoms with Gasteiger partial charge in [-0.15, -0.1) is 0 Å². The highest BCUT2D eigenvalue weighted by atomic mass is 35.5. The molecule has 0 saturated carbocycles. The van der Waals surface area contributed by atoms with Gasteiger partial charge in [0.15, 0.2) is 5.84 Å². The number of hydrogen-bond acceptors (Lipinski definition) is 4. The molecule has 0 aromatic heterocycles. The van der Waals surface area contributed by atoms with Gasteiger partial charge in [0.1, 0.15) is 0 Å². The van der Waals surface area contributed by atoms with Crippen molar-refractivity contribution >= 4 is 23.4 Å². The normalized spacial score (nSPS) is 16.6. The highest BCUT2D eigenvalue weighted by Gasteiger charge is 2.21. The largest absolute Gasteiger partial charge is 0.478 e. The molecule has 0 radical (unpaired) electrons. The fourth-order valence-corrected chi connectivity index (χ4v) is 2.31. The first kappa shape index (κ1) is 14.4. The molecule has 0 aliphatic carbocycles. The maximum atomic E-state index is 11.0. The minimum atomic E-state index is -0.973. The van der Waals surface area contributed by atoms with E-state index in [0.29, 0.717) is 22.8 Å². The van der Waals surface area contributed by atoms with Crippen molar-refractivity contribution < 1.29 is 14.7 Å². The molecule has 0 spiro atoms. The molecule has 5 nitrogen and oxygen atoms in total. The van der Waals surface area contributed by atoms with Crippen LogP contribution in [0.3, 0.4) is 0 Å². The van der Waals surface area contributed by atoms with Crippen molar-refractivity contribution in [1.29, 1.82) is 0 Å². The van der Waals surface area contributed by atoms with Crippen LogP contribution in [0.1, 0.15) is 21.5 Å². The van der Waals surface area contributed by atoms with E-state index >= 15 is 0 Å². The van der Waals surface area contributed by atoms with Gasteiger partial charge in [0.25, 0.3) is 0 Å². The molecule has 2 N–H and O–H groups in total. The first-order valence-electron chi connectivity index (χ1n) is 6.70. The number of halogens is 1. The molecule has 1 aliphatic heterocycles. The van der Waals surface area contributed by atoms with Crippen molar-refractivity contribution in [3.63, 3.8) is 0 Å². The average molecular weight is 317 g/mol. The van der Waals surface area contributed by atoms with Crippen molar-refractivity contribution in [2.75, 3.05) is 0 Å². The Morgan fingerprint density at radius 2 is 2.05 bits per heavy atom. The van der Waals surface area contributed by atoms with Gasteiger partial charge in [-0.25, -0.2) is 4.79 Å². The van der Waals surface area contributed by atoms with Gasteiger partial charge in [-0.1, -0.05) is 41.0 Å². The quantitative estimate of drug-likeness (QED) is 0.910. The summed E-state index contributed by atoms with van der Waals surface area (Å²) in [6.45, 7) is 0. The fourth-order valence-electron chi connectivity index (χ4n) is 2.18.